The van der Waals surface area contributed by atoms with Gasteiger partial charge in [0.25, 0.3) is 0 Å². The van der Waals surface area contributed by atoms with E-state index in [9.17, 15) is 4.79 Å². The first-order chi connectivity index (χ1) is 11.1. The second kappa shape index (κ2) is 6.84. The maximum absolute atomic E-state index is 12.1. The van der Waals surface area contributed by atoms with Crippen LogP contribution in [0.2, 0.25) is 0 Å². The third-order valence-corrected chi connectivity index (χ3v) is 4.07. The number of hydrogen-bond acceptors (Lipinski definition) is 3. The molecule has 0 saturated heterocycles. The first-order valence-corrected chi connectivity index (χ1v) is 7.89. The molecule has 2 atom stereocenters. The number of hydrogen-bond donors (Lipinski definition) is 1. The van der Waals surface area contributed by atoms with Gasteiger partial charge in [0.2, 0.25) is 0 Å². The van der Waals surface area contributed by atoms with Crippen molar-refractivity contribution in [3.05, 3.63) is 54.1 Å². The zero-order valence-electron chi connectivity index (χ0n) is 13.4. The van der Waals surface area contributed by atoms with E-state index in [-0.39, 0.29) is 18.8 Å². The van der Waals surface area contributed by atoms with Crippen molar-refractivity contribution < 1.29 is 14.3 Å². The molecular formula is C19H21NO3. The molecule has 0 aliphatic carbocycles. The highest BCUT2D eigenvalue weighted by Gasteiger charge is 2.19. The molecule has 1 amide bonds. The van der Waals surface area contributed by atoms with Crippen molar-refractivity contribution in [1.82, 2.24) is 0 Å². The van der Waals surface area contributed by atoms with E-state index in [1.54, 1.807) is 0 Å². The molecule has 23 heavy (non-hydrogen) atoms. The second-order valence-electron chi connectivity index (χ2n) is 5.83. The van der Waals surface area contributed by atoms with Crippen LogP contribution in [0.25, 0.3) is 10.8 Å². The fourth-order valence-corrected chi connectivity index (χ4v) is 2.78. The third kappa shape index (κ3) is 3.71. The number of anilines is 1. The van der Waals surface area contributed by atoms with Crippen LogP contribution >= 0.6 is 0 Å². The minimum atomic E-state index is -0.451. The molecular weight excluding hydrogens is 290 g/mol. The number of carbonyl (C=O) groups is 1. The van der Waals surface area contributed by atoms with Crippen molar-refractivity contribution in [2.75, 3.05) is 11.9 Å². The van der Waals surface area contributed by atoms with E-state index in [0.717, 1.165) is 28.5 Å². The van der Waals surface area contributed by atoms with Gasteiger partial charge < -0.3 is 9.47 Å². The van der Waals surface area contributed by atoms with E-state index in [1.807, 2.05) is 56.3 Å². The summed E-state index contributed by atoms with van der Waals surface area (Å²) in [4.78, 5) is 12.1. The standard InChI is InChI=1S/C19H21NO3/c1-13-10-11-16(14(2)23-13)12-22-19(21)20-18-9-5-7-15-6-3-4-8-17(15)18/h3-9,11,13-14H,10,12H2,1-2H3,(H,20,21). The fraction of sp³-hybridized carbons (Fsp3) is 0.316. The second-order valence-corrected chi connectivity index (χ2v) is 5.83. The SMILES string of the molecule is CC1CC=C(COC(=O)Nc2cccc3ccccc23)C(C)O1. The van der Waals surface area contributed by atoms with Gasteiger partial charge in [0.05, 0.1) is 17.9 Å². The van der Waals surface area contributed by atoms with Crippen molar-refractivity contribution in [2.45, 2.75) is 32.5 Å². The van der Waals surface area contributed by atoms with Gasteiger partial charge in [-0.1, -0.05) is 42.5 Å². The molecule has 1 aliphatic heterocycles. The number of rotatable bonds is 3. The molecule has 1 heterocycles. The van der Waals surface area contributed by atoms with E-state index < -0.39 is 6.09 Å². The average molecular weight is 311 g/mol. The molecule has 2 aromatic rings. The summed E-state index contributed by atoms with van der Waals surface area (Å²) in [7, 11) is 0. The lowest BCUT2D eigenvalue weighted by Gasteiger charge is -2.26. The number of ether oxygens (including phenoxy) is 2. The lowest BCUT2D eigenvalue weighted by Crippen LogP contribution is -2.27. The molecule has 0 radical (unpaired) electrons. The zero-order chi connectivity index (χ0) is 16.2. The van der Waals surface area contributed by atoms with Crippen LogP contribution in [0.15, 0.2) is 54.1 Å². The summed E-state index contributed by atoms with van der Waals surface area (Å²) in [5.41, 5.74) is 1.76. The Labute approximate surface area is 136 Å². The lowest BCUT2D eigenvalue weighted by atomic mass is 10.1. The molecule has 2 unspecified atom stereocenters. The molecule has 1 aliphatic rings. The maximum Gasteiger partial charge on any atom is 0.411 e. The third-order valence-electron chi connectivity index (χ3n) is 4.07. The van der Waals surface area contributed by atoms with Crippen LogP contribution in [0.4, 0.5) is 10.5 Å². The monoisotopic (exact) mass is 311 g/mol. The van der Waals surface area contributed by atoms with Crippen LogP contribution in [-0.4, -0.2) is 24.9 Å². The Morgan fingerprint density at radius 3 is 2.83 bits per heavy atom. The summed E-state index contributed by atoms with van der Waals surface area (Å²) in [6.45, 7) is 4.27. The van der Waals surface area contributed by atoms with Gasteiger partial charge in [-0.3, -0.25) is 5.32 Å². The summed E-state index contributed by atoms with van der Waals surface area (Å²) in [5, 5.41) is 4.89. The Kier molecular flexibility index (Phi) is 4.63. The number of benzene rings is 2. The van der Waals surface area contributed by atoms with Gasteiger partial charge in [0, 0.05) is 5.39 Å². The summed E-state index contributed by atoms with van der Waals surface area (Å²) in [6, 6.07) is 13.7. The number of fused-ring (bicyclic) bond motifs is 1. The summed E-state index contributed by atoms with van der Waals surface area (Å²) in [5.74, 6) is 0. The molecule has 4 nitrogen and oxygen atoms in total. The first-order valence-electron chi connectivity index (χ1n) is 7.89. The minimum Gasteiger partial charge on any atom is -0.445 e. The number of nitrogens with one attached hydrogen (secondary N) is 1. The topological polar surface area (TPSA) is 47.6 Å². The Morgan fingerprint density at radius 2 is 2.00 bits per heavy atom. The quantitative estimate of drug-likeness (QED) is 0.848. The molecule has 0 bridgehead atoms. The van der Waals surface area contributed by atoms with Crippen molar-refractivity contribution in [3.63, 3.8) is 0 Å². The number of amides is 1. The van der Waals surface area contributed by atoms with Gasteiger partial charge in [-0.2, -0.15) is 0 Å². The summed E-state index contributed by atoms with van der Waals surface area (Å²) < 4.78 is 11.1. The maximum atomic E-state index is 12.1. The van der Waals surface area contributed by atoms with Crippen LogP contribution in [0.5, 0.6) is 0 Å². The van der Waals surface area contributed by atoms with Crippen LogP contribution in [0.3, 0.4) is 0 Å². The van der Waals surface area contributed by atoms with Crippen LogP contribution in [0.1, 0.15) is 20.3 Å². The predicted octanol–water partition coefficient (Wildman–Crippen LogP) is 4.51. The largest absolute Gasteiger partial charge is 0.445 e. The smallest absolute Gasteiger partial charge is 0.411 e. The van der Waals surface area contributed by atoms with Crippen molar-refractivity contribution >= 4 is 22.6 Å². The molecule has 0 fully saturated rings. The van der Waals surface area contributed by atoms with E-state index in [0.29, 0.717) is 0 Å². The van der Waals surface area contributed by atoms with Gasteiger partial charge in [0.15, 0.2) is 0 Å². The fourth-order valence-electron chi connectivity index (χ4n) is 2.78. The van der Waals surface area contributed by atoms with Crippen molar-refractivity contribution in [3.8, 4) is 0 Å². The molecule has 1 N–H and O–H groups in total. The Hall–Kier alpha value is -2.33. The summed E-state index contributed by atoms with van der Waals surface area (Å²) in [6.07, 6.45) is 2.72. The predicted molar refractivity (Wildman–Crippen MR) is 91.6 cm³/mol. The van der Waals surface area contributed by atoms with Crippen molar-refractivity contribution in [2.24, 2.45) is 0 Å². The minimum absolute atomic E-state index is 0.0101. The van der Waals surface area contributed by atoms with E-state index in [2.05, 4.69) is 11.4 Å². The Balaban J connectivity index is 1.63. The molecule has 0 spiro atoms. The molecule has 3 rings (SSSR count). The number of carbonyl (C=O) groups excluding carboxylic acids is 1. The molecule has 2 aromatic carbocycles. The zero-order valence-corrected chi connectivity index (χ0v) is 13.4. The van der Waals surface area contributed by atoms with Crippen molar-refractivity contribution in [1.29, 1.82) is 0 Å². The highest BCUT2D eigenvalue weighted by Crippen LogP contribution is 2.23. The van der Waals surface area contributed by atoms with Crippen LogP contribution in [0, 0.1) is 0 Å². The van der Waals surface area contributed by atoms with Gasteiger partial charge in [0.1, 0.15) is 6.61 Å². The molecule has 0 aromatic heterocycles. The average Bonchev–Trinajstić information content (AvgIpc) is 2.54. The Bertz CT molecular complexity index is 733. The normalized spacial score (nSPS) is 20.9. The van der Waals surface area contributed by atoms with Gasteiger partial charge in [-0.15, -0.1) is 0 Å². The highest BCUT2D eigenvalue weighted by atomic mass is 16.6. The van der Waals surface area contributed by atoms with Gasteiger partial charge in [-0.25, -0.2) is 4.79 Å². The summed E-state index contributed by atoms with van der Waals surface area (Å²) >= 11 is 0. The molecule has 0 saturated carbocycles. The van der Waals surface area contributed by atoms with Crippen LogP contribution in [-0.2, 0) is 9.47 Å². The molecule has 120 valence electrons. The highest BCUT2D eigenvalue weighted by molar-refractivity contribution is 6.00. The first kappa shape index (κ1) is 15.6. The van der Waals surface area contributed by atoms with Gasteiger partial charge >= 0.3 is 6.09 Å². The lowest BCUT2D eigenvalue weighted by molar-refractivity contribution is 0.0135. The van der Waals surface area contributed by atoms with E-state index in [1.165, 1.54) is 0 Å². The molecule has 4 heteroatoms. The Morgan fingerprint density at radius 1 is 1.22 bits per heavy atom. The van der Waals surface area contributed by atoms with Gasteiger partial charge in [-0.05, 0) is 37.3 Å². The van der Waals surface area contributed by atoms with E-state index >= 15 is 0 Å². The van der Waals surface area contributed by atoms with Crippen LogP contribution < -0.4 is 5.32 Å². The van der Waals surface area contributed by atoms with E-state index in [4.69, 9.17) is 9.47 Å².